The van der Waals surface area contributed by atoms with E-state index >= 15 is 0 Å². The number of nitrogens with one attached hydrogen (secondary N) is 2. The minimum Gasteiger partial charge on any atom is -0.446 e. The molecule has 2 aromatic rings. The van der Waals surface area contributed by atoms with Crippen LogP contribution in [0, 0.1) is 5.82 Å². The molecule has 1 amide bonds. The van der Waals surface area contributed by atoms with Gasteiger partial charge >= 0.3 is 6.09 Å². The Bertz CT molecular complexity index is 1010. The van der Waals surface area contributed by atoms with E-state index in [0.717, 1.165) is 0 Å². The largest absolute Gasteiger partial charge is 0.446 e. The molecule has 0 bridgehead atoms. The monoisotopic (exact) mass is 434 g/mol. The van der Waals surface area contributed by atoms with E-state index < -0.39 is 28.0 Å². The minimum atomic E-state index is -3.76. The van der Waals surface area contributed by atoms with Crippen LogP contribution in [-0.4, -0.2) is 32.4 Å². The van der Waals surface area contributed by atoms with E-state index in [9.17, 15) is 22.4 Å². The summed E-state index contributed by atoms with van der Waals surface area (Å²) >= 11 is 0. The van der Waals surface area contributed by atoms with Gasteiger partial charge in [0.05, 0.1) is 4.90 Å². The van der Waals surface area contributed by atoms with Crippen molar-refractivity contribution in [2.24, 2.45) is 0 Å². The van der Waals surface area contributed by atoms with Gasteiger partial charge in [-0.1, -0.05) is 12.1 Å². The van der Waals surface area contributed by atoms with E-state index in [-0.39, 0.29) is 16.7 Å². The number of carbonyl (C=O) groups is 2. The first-order valence-corrected chi connectivity index (χ1v) is 11.1. The van der Waals surface area contributed by atoms with Crippen molar-refractivity contribution in [3.05, 3.63) is 59.9 Å². The quantitative estimate of drug-likeness (QED) is 0.672. The molecular weight excluding hydrogens is 411 g/mol. The van der Waals surface area contributed by atoms with Crippen LogP contribution in [0.25, 0.3) is 0 Å². The summed E-state index contributed by atoms with van der Waals surface area (Å²) in [6.45, 7) is 1.41. The summed E-state index contributed by atoms with van der Waals surface area (Å²) in [7, 11) is -3.76. The molecule has 0 radical (unpaired) electrons. The Labute approximate surface area is 174 Å². The number of carbonyl (C=O) groups excluding carboxylic acids is 2. The molecule has 9 heteroatoms. The fraction of sp³-hybridized carbons (Fsp3) is 0.333. The third-order valence-electron chi connectivity index (χ3n) is 4.88. The maximum atomic E-state index is 12.9. The molecule has 0 heterocycles. The molecule has 1 fully saturated rings. The topological polar surface area (TPSA) is 102 Å². The standard InChI is InChI=1S/C21H23FN2O5S/c1-14(25)15-5-11-20(12-6-15)30(27,28)24-18-3-2-4-19(13-18)29-21(26)23-17-9-7-16(22)8-10-17/h5-12,18-19,24H,2-4,13H2,1H3,(H,23,26)/t18-,19+/m0/s1. The molecule has 7 nitrogen and oxygen atoms in total. The van der Waals surface area contributed by atoms with Crippen LogP contribution >= 0.6 is 0 Å². The summed E-state index contributed by atoms with van der Waals surface area (Å²) < 4.78 is 46.3. The molecule has 1 saturated carbocycles. The molecule has 0 aromatic heterocycles. The molecule has 2 N–H and O–H groups in total. The number of halogens is 1. The molecule has 1 aliphatic carbocycles. The van der Waals surface area contributed by atoms with Gasteiger partial charge in [-0.15, -0.1) is 0 Å². The Balaban J connectivity index is 1.56. The summed E-state index contributed by atoms with van der Waals surface area (Å²) in [4.78, 5) is 23.5. The van der Waals surface area contributed by atoms with Gasteiger partial charge < -0.3 is 4.74 Å². The van der Waals surface area contributed by atoms with Crippen LogP contribution in [0.1, 0.15) is 43.0 Å². The summed E-state index contributed by atoms with van der Waals surface area (Å²) in [5.41, 5.74) is 0.843. The first-order valence-electron chi connectivity index (χ1n) is 9.59. The van der Waals surface area contributed by atoms with Gasteiger partial charge in [-0.3, -0.25) is 10.1 Å². The minimum absolute atomic E-state index is 0.0737. The van der Waals surface area contributed by atoms with Gasteiger partial charge in [-0.05, 0) is 62.6 Å². The van der Waals surface area contributed by atoms with Crippen LogP contribution < -0.4 is 10.0 Å². The molecule has 160 valence electrons. The zero-order valence-electron chi connectivity index (χ0n) is 16.4. The zero-order valence-corrected chi connectivity index (χ0v) is 17.2. The van der Waals surface area contributed by atoms with Crippen molar-refractivity contribution < 1.29 is 27.1 Å². The van der Waals surface area contributed by atoms with Crippen molar-refractivity contribution >= 4 is 27.6 Å². The lowest BCUT2D eigenvalue weighted by Crippen LogP contribution is -2.41. The molecule has 0 saturated heterocycles. The average molecular weight is 434 g/mol. The van der Waals surface area contributed by atoms with Crippen LogP contribution in [0.2, 0.25) is 0 Å². The number of Topliss-reactive ketones (excluding diaryl/α,β-unsaturated/α-hetero) is 1. The van der Waals surface area contributed by atoms with Crippen molar-refractivity contribution in [3.63, 3.8) is 0 Å². The number of benzene rings is 2. The van der Waals surface area contributed by atoms with Crippen LogP contribution in [0.15, 0.2) is 53.4 Å². The molecule has 2 aromatic carbocycles. The van der Waals surface area contributed by atoms with E-state index in [1.165, 1.54) is 55.5 Å². The Kier molecular flexibility index (Phi) is 6.84. The highest BCUT2D eigenvalue weighted by Crippen LogP contribution is 2.24. The van der Waals surface area contributed by atoms with Gasteiger partial charge in [-0.2, -0.15) is 0 Å². The average Bonchev–Trinajstić information content (AvgIpc) is 2.69. The first-order chi connectivity index (χ1) is 14.2. The highest BCUT2D eigenvalue weighted by molar-refractivity contribution is 7.89. The van der Waals surface area contributed by atoms with Gasteiger partial charge in [0.1, 0.15) is 11.9 Å². The van der Waals surface area contributed by atoms with Gasteiger partial charge in [-0.25, -0.2) is 22.3 Å². The Morgan fingerprint density at radius 1 is 1.03 bits per heavy atom. The second kappa shape index (κ2) is 9.36. The Morgan fingerprint density at radius 2 is 1.70 bits per heavy atom. The van der Waals surface area contributed by atoms with E-state index in [4.69, 9.17) is 4.74 Å². The smallest absolute Gasteiger partial charge is 0.411 e. The lowest BCUT2D eigenvalue weighted by molar-refractivity contribution is 0.0792. The van der Waals surface area contributed by atoms with Gasteiger partial charge in [0.25, 0.3) is 0 Å². The van der Waals surface area contributed by atoms with E-state index in [1.54, 1.807) is 0 Å². The number of sulfonamides is 1. The molecule has 0 unspecified atom stereocenters. The van der Waals surface area contributed by atoms with Crippen LogP contribution in [0.3, 0.4) is 0 Å². The summed E-state index contributed by atoms with van der Waals surface area (Å²) in [6.07, 6.45) is 1.20. The van der Waals surface area contributed by atoms with Crippen molar-refractivity contribution in [1.82, 2.24) is 4.72 Å². The molecule has 30 heavy (non-hydrogen) atoms. The number of anilines is 1. The third-order valence-corrected chi connectivity index (χ3v) is 6.42. The summed E-state index contributed by atoms with van der Waals surface area (Å²) in [6, 6.07) is 10.7. The van der Waals surface area contributed by atoms with E-state index in [1.807, 2.05) is 0 Å². The summed E-state index contributed by atoms with van der Waals surface area (Å²) in [5, 5.41) is 2.53. The Hall–Kier alpha value is -2.78. The molecule has 0 spiro atoms. The predicted octanol–water partition coefficient (Wildman–Crippen LogP) is 3.87. The lowest BCUT2D eigenvalue weighted by atomic mass is 9.94. The second-order valence-electron chi connectivity index (χ2n) is 7.22. The maximum Gasteiger partial charge on any atom is 0.411 e. The Morgan fingerprint density at radius 3 is 2.33 bits per heavy atom. The van der Waals surface area contributed by atoms with Gasteiger partial charge in [0, 0.05) is 23.7 Å². The predicted molar refractivity (Wildman–Crippen MR) is 109 cm³/mol. The number of ketones is 1. The molecular formula is C21H23FN2O5S. The highest BCUT2D eigenvalue weighted by atomic mass is 32.2. The summed E-state index contributed by atoms with van der Waals surface area (Å²) in [5.74, 6) is -0.551. The van der Waals surface area contributed by atoms with Crippen molar-refractivity contribution in [3.8, 4) is 0 Å². The number of hydrogen-bond acceptors (Lipinski definition) is 5. The number of rotatable bonds is 6. The fourth-order valence-electron chi connectivity index (χ4n) is 3.35. The van der Waals surface area contributed by atoms with E-state index in [2.05, 4.69) is 10.0 Å². The SMILES string of the molecule is CC(=O)c1ccc(S(=O)(=O)N[C@H]2CCC[C@@H](OC(=O)Nc3ccc(F)cc3)C2)cc1. The van der Waals surface area contributed by atoms with Crippen molar-refractivity contribution in [1.29, 1.82) is 0 Å². The molecule has 0 aliphatic heterocycles. The highest BCUT2D eigenvalue weighted by Gasteiger charge is 2.28. The first kappa shape index (κ1) is 21.9. The zero-order chi connectivity index (χ0) is 21.7. The van der Waals surface area contributed by atoms with E-state index in [0.29, 0.717) is 36.9 Å². The van der Waals surface area contributed by atoms with Crippen LogP contribution in [-0.2, 0) is 14.8 Å². The van der Waals surface area contributed by atoms with Crippen LogP contribution in [0.4, 0.5) is 14.9 Å². The fourth-order valence-corrected chi connectivity index (χ4v) is 4.63. The molecule has 3 rings (SSSR count). The van der Waals surface area contributed by atoms with Crippen molar-refractivity contribution in [2.45, 2.75) is 49.6 Å². The third kappa shape index (κ3) is 5.87. The van der Waals surface area contributed by atoms with Crippen molar-refractivity contribution in [2.75, 3.05) is 5.32 Å². The van der Waals surface area contributed by atoms with Gasteiger partial charge in [0.2, 0.25) is 10.0 Å². The molecule has 1 aliphatic rings. The number of amides is 1. The second-order valence-corrected chi connectivity index (χ2v) is 8.94. The lowest BCUT2D eigenvalue weighted by Gasteiger charge is -2.29. The normalized spacial score (nSPS) is 19.1. The maximum absolute atomic E-state index is 12.9. The number of hydrogen-bond donors (Lipinski definition) is 2. The van der Waals surface area contributed by atoms with Gasteiger partial charge in [0.15, 0.2) is 5.78 Å². The molecule has 2 atom stereocenters. The number of ether oxygens (including phenoxy) is 1. The van der Waals surface area contributed by atoms with Crippen LogP contribution in [0.5, 0.6) is 0 Å².